The van der Waals surface area contributed by atoms with Crippen molar-refractivity contribution in [3.05, 3.63) is 69.8 Å². The normalized spacial score (nSPS) is 11.4. The van der Waals surface area contributed by atoms with Crippen molar-refractivity contribution in [2.75, 3.05) is 5.32 Å². The molecule has 3 aromatic carbocycles. The Morgan fingerprint density at radius 3 is 2.46 bits per heavy atom. The second kappa shape index (κ2) is 6.91. The van der Waals surface area contributed by atoms with Crippen molar-refractivity contribution in [3.63, 3.8) is 0 Å². The Kier molecular flexibility index (Phi) is 4.75. The number of anilines is 1. The molecular weight excluding hydrogens is 388 g/mol. The lowest BCUT2D eigenvalue weighted by Crippen LogP contribution is -2.16. The van der Waals surface area contributed by atoms with Crippen LogP contribution in [0.4, 0.5) is 11.4 Å². The van der Waals surface area contributed by atoms with E-state index in [0.29, 0.717) is 10.9 Å². The molecule has 0 atom stereocenters. The lowest BCUT2D eigenvalue weighted by atomic mass is 10.1. The number of rotatable bonds is 4. The molecule has 0 saturated heterocycles. The van der Waals surface area contributed by atoms with Gasteiger partial charge in [-0.25, -0.2) is 0 Å². The van der Waals surface area contributed by atoms with Crippen LogP contribution in [0.15, 0.2) is 53.4 Å². The van der Waals surface area contributed by atoms with Crippen molar-refractivity contribution in [1.29, 1.82) is 0 Å². The van der Waals surface area contributed by atoms with Crippen LogP contribution in [0, 0.1) is 17.0 Å². The number of phenolic OH excluding ortho intramolecular Hbond substituents is 1. The summed E-state index contributed by atoms with van der Waals surface area (Å²) in [6.45, 7) is 1.62. The fraction of sp³-hybridized carbons (Fsp3) is 0.0556. The third-order valence-corrected chi connectivity index (χ3v) is 4.97. The maximum Gasteiger partial charge on any atom is 0.296 e. The van der Waals surface area contributed by atoms with Crippen LogP contribution in [-0.2, 0) is 10.1 Å². The number of aryl methyl sites for hydroxylation is 1. The van der Waals surface area contributed by atoms with Crippen LogP contribution in [0.25, 0.3) is 10.8 Å². The quantitative estimate of drug-likeness (QED) is 0.263. The largest absolute Gasteiger partial charge is 0.505 e. The Morgan fingerprint density at radius 2 is 1.82 bits per heavy atom. The van der Waals surface area contributed by atoms with E-state index >= 15 is 0 Å². The van der Waals surface area contributed by atoms with Gasteiger partial charge in [0, 0.05) is 11.5 Å². The molecule has 10 heteroatoms. The number of nitrogens with zero attached hydrogens (tertiary/aromatic N) is 1. The molecule has 0 spiro atoms. The van der Waals surface area contributed by atoms with Crippen LogP contribution in [-0.4, -0.2) is 28.9 Å². The van der Waals surface area contributed by atoms with E-state index in [-0.39, 0.29) is 10.9 Å². The molecule has 0 fully saturated rings. The van der Waals surface area contributed by atoms with Gasteiger partial charge in [-0.05, 0) is 30.0 Å². The van der Waals surface area contributed by atoms with Crippen LogP contribution < -0.4 is 5.32 Å². The number of phenols is 1. The van der Waals surface area contributed by atoms with Gasteiger partial charge in [0.25, 0.3) is 21.7 Å². The van der Waals surface area contributed by atoms with Crippen LogP contribution in [0.2, 0.25) is 0 Å². The summed E-state index contributed by atoms with van der Waals surface area (Å²) < 4.78 is 33.1. The fourth-order valence-corrected chi connectivity index (χ4v) is 3.48. The monoisotopic (exact) mass is 402 g/mol. The predicted molar refractivity (Wildman–Crippen MR) is 101 cm³/mol. The van der Waals surface area contributed by atoms with Gasteiger partial charge in [-0.3, -0.25) is 19.5 Å². The fourth-order valence-electron chi connectivity index (χ4n) is 2.80. The highest BCUT2D eigenvalue weighted by Gasteiger charge is 2.26. The summed E-state index contributed by atoms with van der Waals surface area (Å²) in [5.41, 5.74) is -0.814. The number of nitro benzene ring substituents is 1. The standard InChI is InChI=1S/C18H14N2O7S/c1-10-6-7-14(20(23)24)13(8-10)18(22)19-16-15(28(25,26)27)9-11-4-2-3-5-12(11)17(16)21/h2-9,21H,1H3,(H,19,22)(H,25,26,27). The molecule has 0 aliphatic carbocycles. The van der Waals surface area contributed by atoms with Crippen molar-refractivity contribution in [2.45, 2.75) is 11.8 Å². The molecule has 0 aliphatic heterocycles. The SMILES string of the molecule is Cc1ccc([N+](=O)[O-])c(C(=O)Nc2c(S(=O)(=O)O)cc3ccccc3c2O)c1. The Labute approximate surface area is 159 Å². The molecule has 9 nitrogen and oxygen atoms in total. The summed E-state index contributed by atoms with van der Waals surface area (Å²) in [6.07, 6.45) is 0. The first kappa shape index (κ1) is 19.3. The van der Waals surface area contributed by atoms with E-state index in [2.05, 4.69) is 5.32 Å². The van der Waals surface area contributed by atoms with E-state index in [0.717, 1.165) is 12.1 Å². The van der Waals surface area contributed by atoms with E-state index in [1.54, 1.807) is 19.1 Å². The number of carbonyl (C=O) groups excluding carboxylic acids is 1. The van der Waals surface area contributed by atoms with Gasteiger partial charge in [-0.2, -0.15) is 8.42 Å². The zero-order valence-electron chi connectivity index (χ0n) is 14.4. The van der Waals surface area contributed by atoms with Gasteiger partial charge in [0.1, 0.15) is 21.9 Å². The van der Waals surface area contributed by atoms with E-state index in [9.17, 15) is 33.0 Å². The smallest absolute Gasteiger partial charge is 0.296 e. The Balaban J connectivity index is 2.20. The summed E-state index contributed by atoms with van der Waals surface area (Å²) in [7, 11) is -4.82. The van der Waals surface area contributed by atoms with Gasteiger partial charge >= 0.3 is 0 Å². The second-order valence-corrected chi connectivity index (χ2v) is 7.42. The van der Waals surface area contributed by atoms with Crippen LogP contribution in [0.3, 0.4) is 0 Å². The van der Waals surface area contributed by atoms with E-state index in [1.807, 2.05) is 0 Å². The summed E-state index contributed by atoms with van der Waals surface area (Å²) in [5.74, 6) is -1.60. The molecule has 0 unspecified atom stereocenters. The first-order chi connectivity index (χ1) is 13.1. The van der Waals surface area contributed by atoms with Crippen LogP contribution in [0.1, 0.15) is 15.9 Å². The lowest BCUT2D eigenvalue weighted by Gasteiger charge is -2.14. The number of hydrogen-bond donors (Lipinski definition) is 3. The highest BCUT2D eigenvalue weighted by molar-refractivity contribution is 7.86. The zero-order chi connectivity index (χ0) is 20.6. The van der Waals surface area contributed by atoms with E-state index in [4.69, 9.17) is 0 Å². The maximum atomic E-state index is 12.7. The first-order valence-corrected chi connectivity index (χ1v) is 9.32. The maximum absolute atomic E-state index is 12.7. The van der Waals surface area contributed by atoms with Crippen molar-refractivity contribution in [1.82, 2.24) is 0 Å². The van der Waals surface area contributed by atoms with Gasteiger partial charge in [-0.1, -0.05) is 30.3 Å². The molecule has 3 rings (SSSR count). The molecule has 28 heavy (non-hydrogen) atoms. The zero-order valence-corrected chi connectivity index (χ0v) is 15.2. The van der Waals surface area contributed by atoms with E-state index < -0.39 is 43.0 Å². The van der Waals surface area contributed by atoms with Crippen molar-refractivity contribution in [2.24, 2.45) is 0 Å². The molecule has 0 saturated carbocycles. The minimum Gasteiger partial charge on any atom is -0.505 e. The highest BCUT2D eigenvalue weighted by Crippen LogP contribution is 2.39. The summed E-state index contributed by atoms with van der Waals surface area (Å²) >= 11 is 0. The number of carbonyl (C=O) groups is 1. The van der Waals surface area contributed by atoms with Crippen molar-refractivity contribution >= 4 is 38.2 Å². The third-order valence-electron chi connectivity index (χ3n) is 4.10. The summed E-state index contributed by atoms with van der Waals surface area (Å²) in [5, 5.41) is 24.4. The number of nitro groups is 1. The number of benzene rings is 3. The van der Waals surface area contributed by atoms with E-state index in [1.165, 1.54) is 24.3 Å². The first-order valence-electron chi connectivity index (χ1n) is 7.88. The molecule has 144 valence electrons. The lowest BCUT2D eigenvalue weighted by molar-refractivity contribution is -0.385. The number of nitrogens with one attached hydrogen (secondary N) is 1. The van der Waals surface area contributed by atoms with Gasteiger partial charge in [0.05, 0.1) is 4.92 Å². The number of hydrogen-bond acceptors (Lipinski definition) is 6. The highest BCUT2D eigenvalue weighted by atomic mass is 32.2. The van der Waals surface area contributed by atoms with Gasteiger partial charge < -0.3 is 10.4 Å². The predicted octanol–water partition coefficient (Wildman–Crippen LogP) is 3.26. The Bertz CT molecular complexity index is 1240. The molecule has 3 N–H and O–H groups in total. The van der Waals surface area contributed by atoms with Gasteiger partial charge in [-0.15, -0.1) is 0 Å². The second-order valence-electron chi connectivity index (χ2n) is 6.03. The Morgan fingerprint density at radius 1 is 1.14 bits per heavy atom. The van der Waals surface area contributed by atoms with Crippen molar-refractivity contribution in [3.8, 4) is 5.75 Å². The summed E-state index contributed by atoms with van der Waals surface area (Å²) in [6, 6.07) is 11.1. The van der Waals surface area contributed by atoms with Crippen molar-refractivity contribution < 1.29 is 27.8 Å². The number of amides is 1. The topological polar surface area (TPSA) is 147 Å². The van der Waals surface area contributed by atoms with Crippen LogP contribution in [0.5, 0.6) is 5.75 Å². The molecule has 0 radical (unpaired) electrons. The molecule has 0 aromatic heterocycles. The molecular formula is C18H14N2O7S. The minimum atomic E-state index is -4.82. The van der Waals surface area contributed by atoms with Gasteiger partial charge in [0.2, 0.25) is 0 Å². The summed E-state index contributed by atoms with van der Waals surface area (Å²) in [4.78, 5) is 22.4. The molecule has 1 amide bonds. The molecule has 0 heterocycles. The average molecular weight is 402 g/mol. The molecule has 0 aliphatic rings. The third kappa shape index (κ3) is 3.50. The Hall–Kier alpha value is -3.50. The number of aromatic hydroxyl groups is 1. The number of fused-ring (bicyclic) bond motifs is 1. The average Bonchev–Trinajstić information content (AvgIpc) is 2.62. The molecule has 0 bridgehead atoms. The van der Waals surface area contributed by atoms with Crippen LogP contribution >= 0.6 is 0 Å². The van der Waals surface area contributed by atoms with Gasteiger partial charge in [0.15, 0.2) is 0 Å². The molecule has 3 aromatic rings. The minimum absolute atomic E-state index is 0.226.